The Morgan fingerprint density at radius 1 is 0.950 bits per heavy atom. The molecule has 3 nitrogen and oxygen atoms in total. The van der Waals surface area contributed by atoms with Crippen LogP contribution in [0.3, 0.4) is 0 Å². The van der Waals surface area contributed by atoms with Crippen LogP contribution in [0.2, 0.25) is 0 Å². The maximum atomic E-state index is 11.8. The lowest BCUT2D eigenvalue weighted by atomic mass is 9.86. The molecule has 1 heterocycles. The molecule has 3 heteroatoms. The molecule has 2 atom stereocenters. The zero-order chi connectivity index (χ0) is 14.1. The lowest BCUT2D eigenvalue weighted by Crippen LogP contribution is -2.06. The van der Waals surface area contributed by atoms with Gasteiger partial charge >= 0.3 is 5.97 Å². The van der Waals surface area contributed by atoms with Gasteiger partial charge in [0.1, 0.15) is 11.9 Å². The lowest BCUT2D eigenvalue weighted by molar-refractivity contribution is -0.139. The maximum Gasteiger partial charge on any atom is 0.334 e. The van der Waals surface area contributed by atoms with Gasteiger partial charge in [-0.05, 0) is 23.3 Å². The van der Waals surface area contributed by atoms with Gasteiger partial charge in [-0.15, -0.1) is 0 Å². The SMILES string of the molecule is C=C1C(=O)OC(c2ccc(O)cc2)C1c1ccccc1. The molecular weight excluding hydrogens is 252 g/mol. The van der Waals surface area contributed by atoms with Crippen LogP contribution in [-0.4, -0.2) is 11.1 Å². The van der Waals surface area contributed by atoms with Crippen LogP contribution in [0.25, 0.3) is 0 Å². The van der Waals surface area contributed by atoms with Gasteiger partial charge in [0.25, 0.3) is 0 Å². The number of carbonyl (C=O) groups excluding carboxylic acids is 1. The highest BCUT2D eigenvalue weighted by molar-refractivity contribution is 5.92. The zero-order valence-electron chi connectivity index (χ0n) is 10.8. The molecule has 3 rings (SSSR count). The van der Waals surface area contributed by atoms with Crippen LogP contribution in [0.5, 0.6) is 5.75 Å². The molecule has 1 N–H and O–H groups in total. The van der Waals surface area contributed by atoms with Crippen molar-refractivity contribution in [3.8, 4) is 5.75 Å². The average molecular weight is 266 g/mol. The Bertz CT molecular complexity index is 644. The van der Waals surface area contributed by atoms with Gasteiger partial charge in [0.15, 0.2) is 0 Å². The third kappa shape index (κ3) is 2.07. The third-order valence-electron chi connectivity index (χ3n) is 3.55. The molecule has 0 bridgehead atoms. The fourth-order valence-corrected chi connectivity index (χ4v) is 2.53. The van der Waals surface area contributed by atoms with E-state index in [-0.39, 0.29) is 17.6 Å². The fourth-order valence-electron chi connectivity index (χ4n) is 2.53. The van der Waals surface area contributed by atoms with E-state index in [2.05, 4.69) is 6.58 Å². The number of benzene rings is 2. The number of esters is 1. The van der Waals surface area contributed by atoms with Crippen LogP contribution < -0.4 is 0 Å². The van der Waals surface area contributed by atoms with E-state index < -0.39 is 6.10 Å². The molecule has 1 fully saturated rings. The van der Waals surface area contributed by atoms with E-state index in [9.17, 15) is 9.90 Å². The van der Waals surface area contributed by atoms with E-state index in [1.807, 2.05) is 30.3 Å². The maximum absolute atomic E-state index is 11.8. The Kier molecular flexibility index (Phi) is 3.03. The Balaban J connectivity index is 2.02. The van der Waals surface area contributed by atoms with Crippen molar-refractivity contribution in [2.24, 2.45) is 0 Å². The van der Waals surface area contributed by atoms with Gasteiger partial charge in [0.05, 0.1) is 5.92 Å². The van der Waals surface area contributed by atoms with Gasteiger partial charge in [-0.25, -0.2) is 4.79 Å². The highest BCUT2D eigenvalue weighted by Gasteiger charge is 2.40. The van der Waals surface area contributed by atoms with Crippen LogP contribution in [0.15, 0.2) is 66.7 Å². The van der Waals surface area contributed by atoms with Gasteiger partial charge in [-0.1, -0.05) is 49.0 Å². The van der Waals surface area contributed by atoms with E-state index in [1.54, 1.807) is 24.3 Å². The van der Waals surface area contributed by atoms with Crippen molar-refractivity contribution in [3.05, 3.63) is 77.9 Å². The molecule has 0 aromatic heterocycles. The van der Waals surface area contributed by atoms with Crippen molar-refractivity contribution in [1.82, 2.24) is 0 Å². The highest BCUT2D eigenvalue weighted by atomic mass is 16.6. The molecule has 1 saturated heterocycles. The minimum absolute atomic E-state index is 0.187. The third-order valence-corrected chi connectivity index (χ3v) is 3.55. The van der Waals surface area contributed by atoms with Gasteiger partial charge < -0.3 is 9.84 Å². The predicted octanol–water partition coefficient (Wildman–Crippen LogP) is 3.33. The van der Waals surface area contributed by atoms with Crippen LogP contribution >= 0.6 is 0 Å². The number of phenolic OH excluding ortho intramolecular Hbond substituents is 1. The molecule has 1 aliphatic heterocycles. The Morgan fingerprint density at radius 2 is 1.60 bits per heavy atom. The standard InChI is InChI=1S/C17H14O3/c1-11-15(12-5-3-2-4-6-12)16(20-17(11)19)13-7-9-14(18)10-8-13/h2-10,15-16,18H,1H2. The monoisotopic (exact) mass is 266 g/mol. The van der Waals surface area contributed by atoms with E-state index >= 15 is 0 Å². The van der Waals surface area contributed by atoms with E-state index in [4.69, 9.17) is 4.74 Å². The molecule has 0 spiro atoms. The quantitative estimate of drug-likeness (QED) is 0.670. The van der Waals surface area contributed by atoms with Crippen molar-refractivity contribution in [2.45, 2.75) is 12.0 Å². The summed E-state index contributed by atoms with van der Waals surface area (Å²) in [4.78, 5) is 11.8. The first-order valence-electron chi connectivity index (χ1n) is 6.40. The topological polar surface area (TPSA) is 46.5 Å². The predicted molar refractivity (Wildman–Crippen MR) is 75.3 cm³/mol. The summed E-state index contributed by atoms with van der Waals surface area (Å²) in [6.45, 7) is 3.86. The molecular formula is C17H14O3. The first-order valence-corrected chi connectivity index (χ1v) is 6.40. The molecule has 100 valence electrons. The van der Waals surface area contributed by atoms with Crippen LogP contribution in [0.4, 0.5) is 0 Å². The second-order valence-electron chi connectivity index (χ2n) is 4.83. The number of hydrogen-bond acceptors (Lipinski definition) is 3. The minimum Gasteiger partial charge on any atom is -0.508 e. The van der Waals surface area contributed by atoms with Crippen LogP contribution in [-0.2, 0) is 9.53 Å². The summed E-state index contributed by atoms with van der Waals surface area (Å²) in [7, 11) is 0. The minimum atomic E-state index is -0.391. The molecule has 1 aliphatic rings. The van der Waals surface area contributed by atoms with Crippen LogP contribution in [0.1, 0.15) is 23.1 Å². The average Bonchev–Trinajstić information content (AvgIpc) is 2.77. The number of hydrogen-bond donors (Lipinski definition) is 1. The number of cyclic esters (lactones) is 1. The summed E-state index contributed by atoms with van der Waals surface area (Å²) in [5, 5.41) is 9.36. The number of rotatable bonds is 2. The highest BCUT2D eigenvalue weighted by Crippen LogP contribution is 2.45. The molecule has 20 heavy (non-hydrogen) atoms. The number of carbonyl (C=O) groups is 1. The number of ether oxygens (including phenoxy) is 1. The summed E-state index contributed by atoms with van der Waals surface area (Å²) in [6.07, 6.45) is -0.391. The van der Waals surface area contributed by atoms with E-state index in [0.29, 0.717) is 5.57 Å². The van der Waals surface area contributed by atoms with Crippen LogP contribution in [0, 0.1) is 0 Å². The smallest absolute Gasteiger partial charge is 0.334 e. The normalized spacial score (nSPS) is 21.8. The van der Waals surface area contributed by atoms with E-state index in [1.165, 1.54) is 0 Å². The first-order chi connectivity index (χ1) is 9.66. The second kappa shape index (κ2) is 4.85. The van der Waals surface area contributed by atoms with Gasteiger partial charge in [0, 0.05) is 5.57 Å². The first kappa shape index (κ1) is 12.5. The number of phenols is 1. The molecule has 0 aliphatic carbocycles. The van der Waals surface area contributed by atoms with Crippen molar-refractivity contribution < 1.29 is 14.6 Å². The summed E-state index contributed by atoms with van der Waals surface area (Å²) >= 11 is 0. The summed E-state index contributed by atoms with van der Waals surface area (Å²) in [6, 6.07) is 16.4. The van der Waals surface area contributed by atoms with Gasteiger partial charge in [-0.3, -0.25) is 0 Å². The Hall–Kier alpha value is -2.55. The van der Waals surface area contributed by atoms with Gasteiger partial charge in [-0.2, -0.15) is 0 Å². The summed E-state index contributed by atoms with van der Waals surface area (Å²) in [5.74, 6) is -0.363. The molecule has 0 amide bonds. The lowest BCUT2D eigenvalue weighted by Gasteiger charge is -2.18. The molecule has 0 radical (unpaired) electrons. The Labute approximate surface area is 117 Å². The number of aromatic hydroxyl groups is 1. The fraction of sp³-hybridized carbons (Fsp3) is 0.118. The van der Waals surface area contributed by atoms with Gasteiger partial charge in [0.2, 0.25) is 0 Å². The van der Waals surface area contributed by atoms with Crippen molar-refractivity contribution in [1.29, 1.82) is 0 Å². The molecule has 2 unspecified atom stereocenters. The van der Waals surface area contributed by atoms with E-state index in [0.717, 1.165) is 11.1 Å². The van der Waals surface area contributed by atoms with Crippen molar-refractivity contribution in [2.75, 3.05) is 0 Å². The van der Waals surface area contributed by atoms with Crippen molar-refractivity contribution in [3.63, 3.8) is 0 Å². The molecule has 2 aromatic rings. The van der Waals surface area contributed by atoms with Crippen molar-refractivity contribution >= 4 is 5.97 Å². The molecule has 0 saturated carbocycles. The summed E-state index contributed by atoms with van der Waals surface area (Å²) in [5.41, 5.74) is 2.32. The molecule has 2 aromatic carbocycles. The Morgan fingerprint density at radius 3 is 2.25 bits per heavy atom. The largest absolute Gasteiger partial charge is 0.508 e. The second-order valence-corrected chi connectivity index (χ2v) is 4.83. The summed E-state index contributed by atoms with van der Waals surface area (Å²) < 4.78 is 5.45. The zero-order valence-corrected chi connectivity index (χ0v) is 10.8.